The lowest BCUT2D eigenvalue weighted by Gasteiger charge is -2.01. The Kier molecular flexibility index (Phi) is 8.30. The second kappa shape index (κ2) is 8.79. The summed E-state index contributed by atoms with van der Waals surface area (Å²) in [5.41, 5.74) is 0.809. The third-order valence-corrected chi connectivity index (χ3v) is 2.28. The fourth-order valence-corrected chi connectivity index (χ4v) is 1.35. The Morgan fingerprint density at radius 1 is 1.21 bits per heavy atom. The van der Waals surface area contributed by atoms with Gasteiger partial charge < -0.3 is 4.74 Å². The van der Waals surface area contributed by atoms with Crippen LogP contribution in [-0.4, -0.2) is 13.1 Å². The van der Waals surface area contributed by atoms with Crippen molar-refractivity contribution < 1.29 is 9.53 Å². The van der Waals surface area contributed by atoms with Gasteiger partial charge in [0.25, 0.3) is 0 Å². The molecule has 0 saturated heterocycles. The molecule has 0 radical (unpaired) electrons. The van der Waals surface area contributed by atoms with Crippen molar-refractivity contribution in [3.63, 3.8) is 0 Å². The molecular weight excluding hydrogens is 176 g/mol. The lowest BCUT2D eigenvalue weighted by atomic mass is 10.1. The zero-order chi connectivity index (χ0) is 10.8. The van der Waals surface area contributed by atoms with Gasteiger partial charge in [0.15, 0.2) is 0 Å². The smallest absolute Gasteiger partial charge is 0.333 e. The third kappa shape index (κ3) is 5.79. The molecule has 0 aromatic heterocycles. The Labute approximate surface area is 87.3 Å². The molecule has 2 heteroatoms. The predicted molar refractivity (Wildman–Crippen MR) is 59.1 cm³/mol. The molecule has 0 atom stereocenters. The highest BCUT2D eigenvalue weighted by molar-refractivity contribution is 5.88. The van der Waals surface area contributed by atoms with Crippen molar-refractivity contribution in [2.75, 3.05) is 7.11 Å². The van der Waals surface area contributed by atoms with Crippen LogP contribution >= 0.6 is 0 Å². The van der Waals surface area contributed by atoms with Crippen molar-refractivity contribution in [1.29, 1.82) is 0 Å². The summed E-state index contributed by atoms with van der Waals surface area (Å²) in [5.74, 6) is -0.178. The van der Waals surface area contributed by atoms with Gasteiger partial charge in [-0.25, -0.2) is 4.79 Å². The van der Waals surface area contributed by atoms with Crippen molar-refractivity contribution in [3.8, 4) is 0 Å². The molecule has 0 bridgehead atoms. The first-order valence-electron chi connectivity index (χ1n) is 5.53. The molecule has 0 aliphatic heterocycles. The van der Waals surface area contributed by atoms with Crippen LogP contribution in [0.25, 0.3) is 0 Å². The molecule has 2 nitrogen and oxygen atoms in total. The quantitative estimate of drug-likeness (QED) is 0.356. The van der Waals surface area contributed by atoms with Gasteiger partial charge in [0.05, 0.1) is 7.11 Å². The van der Waals surface area contributed by atoms with E-state index in [1.165, 1.54) is 32.8 Å². The summed E-state index contributed by atoms with van der Waals surface area (Å²) in [7, 11) is 1.43. The number of hydrogen-bond acceptors (Lipinski definition) is 2. The van der Waals surface area contributed by atoms with E-state index in [4.69, 9.17) is 0 Å². The molecule has 0 aromatic rings. The highest BCUT2D eigenvalue weighted by Crippen LogP contribution is 2.08. The van der Waals surface area contributed by atoms with Crippen LogP contribution in [0.1, 0.15) is 52.4 Å². The van der Waals surface area contributed by atoms with Crippen LogP contribution in [0.4, 0.5) is 0 Å². The van der Waals surface area contributed by atoms with Gasteiger partial charge in [0, 0.05) is 5.57 Å². The summed E-state index contributed by atoms with van der Waals surface area (Å²) in [6.07, 6.45) is 8.74. The maximum Gasteiger partial charge on any atom is 0.333 e. The number of allylic oxidation sites excluding steroid dienone is 1. The van der Waals surface area contributed by atoms with Crippen LogP contribution in [0.3, 0.4) is 0 Å². The molecule has 0 spiro atoms. The SMILES string of the molecule is CCCCCC/C=C(/CC)C(=O)OC. The standard InChI is InChI=1S/C12H22O2/c1-4-6-7-8-9-10-11(5-2)12(13)14-3/h10H,4-9H2,1-3H3/b11-10-. The highest BCUT2D eigenvalue weighted by atomic mass is 16.5. The number of unbranched alkanes of at least 4 members (excludes halogenated alkanes) is 4. The number of ether oxygens (including phenoxy) is 1. The first-order valence-corrected chi connectivity index (χ1v) is 5.53. The maximum absolute atomic E-state index is 11.2. The minimum atomic E-state index is -0.178. The Morgan fingerprint density at radius 2 is 1.93 bits per heavy atom. The topological polar surface area (TPSA) is 26.3 Å². The Hall–Kier alpha value is -0.790. The first kappa shape index (κ1) is 13.2. The van der Waals surface area contributed by atoms with Gasteiger partial charge in [-0.3, -0.25) is 0 Å². The average Bonchev–Trinajstić information content (AvgIpc) is 2.22. The molecule has 0 aliphatic carbocycles. The molecular formula is C12H22O2. The lowest BCUT2D eigenvalue weighted by molar-refractivity contribution is -0.136. The monoisotopic (exact) mass is 198 g/mol. The van der Waals surface area contributed by atoms with Gasteiger partial charge >= 0.3 is 5.97 Å². The average molecular weight is 198 g/mol. The Morgan fingerprint density at radius 3 is 2.43 bits per heavy atom. The van der Waals surface area contributed by atoms with Gasteiger partial charge in [-0.15, -0.1) is 0 Å². The third-order valence-electron chi connectivity index (χ3n) is 2.28. The van der Waals surface area contributed by atoms with Crippen molar-refractivity contribution in [2.24, 2.45) is 0 Å². The van der Waals surface area contributed by atoms with Crippen LogP contribution in [-0.2, 0) is 9.53 Å². The summed E-state index contributed by atoms with van der Waals surface area (Å²) in [6, 6.07) is 0. The number of methoxy groups -OCH3 is 1. The summed E-state index contributed by atoms with van der Waals surface area (Å²) < 4.78 is 4.67. The number of esters is 1. The van der Waals surface area contributed by atoms with E-state index in [0.29, 0.717) is 0 Å². The largest absolute Gasteiger partial charge is 0.466 e. The molecule has 0 heterocycles. The van der Waals surface area contributed by atoms with E-state index in [1.54, 1.807) is 0 Å². The minimum Gasteiger partial charge on any atom is -0.466 e. The van der Waals surface area contributed by atoms with Crippen molar-refractivity contribution >= 4 is 5.97 Å². The maximum atomic E-state index is 11.2. The summed E-state index contributed by atoms with van der Waals surface area (Å²) in [5, 5.41) is 0. The summed E-state index contributed by atoms with van der Waals surface area (Å²) in [6.45, 7) is 4.18. The zero-order valence-electron chi connectivity index (χ0n) is 9.64. The van der Waals surface area contributed by atoms with Gasteiger partial charge in [-0.1, -0.05) is 39.2 Å². The van der Waals surface area contributed by atoms with E-state index >= 15 is 0 Å². The first-order chi connectivity index (χ1) is 6.76. The van der Waals surface area contributed by atoms with Gasteiger partial charge in [0.2, 0.25) is 0 Å². The second-order valence-corrected chi connectivity index (χ2v) is 3.42. The lowest BCUT2D eigenvalue weighted by Crippen LogP contribution is -2.03. The Bertz CT molecular complexity index is 183. The molecule has 0 fully saturated rings. The molecule has 0 unspecified atom stereocenters. The fraction of sp³-hybridized carbons (Fsp3) is 0.750. The van der Waals surface area contributed by atoms with Gasteiger partial charge in [-0.2, -0.15) is 0 Å². The van der Waals surface area contributed by atoms with Crippen molar-refractivity contribution in [1.82, 2.24) is 0 Å². The van der Waals surface area contributed by atoms with Gasteiger partial charge in [-0.05, 0) is 19.3 Å². The van der Waals surface area contributed by atoms with Crippen LogP contribution in [0, 0.1) is 0 Å². The van der Waals surface area contributed by atoms with E-state index in [0.717, 1.165) is 18.4 Å². The zero-order valence-corrected chi connectivity index (χ0v) is 9.64. The number of carbonyl (C=O) groups is 1. The molecule has 0 N–H and O–H groups in total. The molecule has 0 amide bonds. The van der Waals surface area contributed by atoms with Crippen LogP contribution in [0.15, 0.2) is 11.6 Å². The van der Waals surface area contributed by atoms with E-state index in [9.17, 15) is 4.79 Å². The fourth-order valence-electron chi connectivity index (χ4n) is 1.35. The number of hydrogen-bond donors (Lipinski definition) is 0. The van der Waals surface area contributed by atoms with Crippen molar-refractivity contribution in [3.05, 3.63) is 11.6 Å². The summed E-state index contributed by atoms with van der Waals surface area (Å²) in [4.78, 5) is 11.2. The van der Waals surface area contributed by atoms with Crippen LogP contribution < -0.4 is 0 Å². The van der Waals surface area contributed by atoms with Crippen molar-refractivity contribution in [2.45, 2.75) is 52.4 Å². The molecule has 0 aromatic carbocycles. The highest BCUT2D eigenvalue weighted by Gasteiger charge is 2.05. The predicted octanol–water partition coefficient (Wildman–Crippen LogP) is 3.47. The molecule has 0 saturated carbocycles. The minimum absolute atomic E-state index is 0.178. The normalized spacial score (nSPS) is 11.5. The second-order valence-electron chi connectivity index (χ2n) is 3.42. The van der Waals surface area contributed by atoms with Gasteiger partial charge in [0.1, 0.15) is 0 Å². The molecule has 14 heavy (non-hydrogen) atoms. The van der Waals surface area contributed by atoms with Crippen LogP contribution in [0.2, 0.25) is 0 Å². The van der Waals surface area contributed by atoms with E-state index in [1.807, 2.05) is 13.0 Å². The van der Waals surface area contributed by atoms with E-state index < -0.39 is 0 Å². The van der Waals surface area contributed by atoms with E-state index in [2.05, 4.69) is 11.7 Å². The van der Waals surface area contributed by atoms with E-state index in [-0.39, 0.29) is 5.97 Å². The number of carbonyl (C=O) groups excluding carboxylic acids is 1. The molecule has 0 aliphatic rings. The molecule has 0 rings (SSSR count). The number of rotatable bonds is 7. The molecule has 82 valence electrons. The van der Waals surface area contributed by atoms with Crippen LogP contribution in [0.5, 0.6) is 0 Å². The Balaban J connectivity index is 3.76. The summed E-state index contributed by atoms with van der Waals surface area (Å²) >= 11 is 0.